The lowest BCUT2D eigenvalue weighted by molar-refractivity contribution is 0.309. The summed E-state index contributed by atoms with van der Waals surface area (Å²) in [6.07, 6.45) is 0. The quantitative estimate of drug-likeness (QED) is 0.833. The van der Waals surface area contributed by atoms with Crippen LogP contribution >= 0.6 is 11.6 Å². The van der Waals surface area contributed by atoms with E-state index in [-0.39, 0.29) is 9.92 Å². The molecule has 1 aromatic carbocycles. The topological polar surface area (TPSA) is 73.2 Å². The Kier molecular flexibility index (Phi) is 6.43. The van der Waals surface area contributed by atoms with Gasteiger partial charge >= 0.3 is 0 Å². The summed E-state index contributed by atoms with van der Waals surface area (Å²) in [5.74, 6) is 0. The maximum atomic E-state index is 12.1. The van der Waals surface area contributed by atoms with Crippen molar-refractivity contribution in [3.05, 3.63) is 28.8 Å². The lowest BCUT2D eigenvalue weighted by Crippen LogP contribution is -2.34. The summed E-state index contributed by atoms with van der Waals surface area (Å²) >= 11 is 5.91. The van der Waals surface area contributed by atoms with Crippen LogP contribution in [0.4, 0.5) is 0 Å². The molecule has 0 spiro atoms. The largest absolute Gasteiger partial charge is 0.303 e. The predicted molar refractivity (Wildman–Crippen MR) is 79.1 cm³/mol. The molecular formula is C13H18ClN3O2S. The first-order valence-corrected chi connectivity index (χ1v) is 8.22. The number of benzene rings is 1. The van der Waals surface area contributed by atoms with E-state index in [9.17, 15) is 8.42 Å². The Balaban J connectivity index is 2.77. The second kappa shape index (κ2) is 7.60. The zero-order valence-corrected chi connectivity index (χ0v) is 13.1. The van der Waals surface area contributed by atoms with Gasteiger partial charge in [-0.3, -0.25) is 0 Å². The number of sulfonamides is 1. The summed E-state index contributed by atoms with van der Waals surface area (Å²) in [5, 5.41) is 8.79. The SMILES string of the molecule is CCN(CC)CCNS(=O)(=O)c1ccc(C#N)cc1Cl. The van der Waals surface area contributed by atoms with Gasteiger partial charge in [-0.2, -0.15) is 5.26 Å². The summed E-state index contributed by atoms with van der Waals surface area (Å²) in [6.45, 7) is 6.75. The summed E-state index contributed by atoms with van der Waals surface area (Å²) in [4.78, 5) is 2.11. The minimum Gasteiger partial charge on any atom is -0.303 e. The van der Waals surface area contributed by atoms with Crippen molar-refractivity contribution in [2.75, 3.05) is 26.2 Å². The third kappa shape index (κ3) is 4.46. The van der Waals surface area contributed by atoms with E-state index in [0.29, 0.717) is 18.7 Å². The van der Waals surface area contributed by atoms with Crippen LogP contribution in [0.5, 0.6) is 0 Å². The first kappa shape index (κ1) is 16.9. The molecule has 0 radical (unpaired) electrons. The monoisotopic (exact) mass is 315 g/mol. The molecule has 0 aliphatic rings. The van der Waals surface area contributed by atoms with Crippen LogP contribution in [0, 0.1) is 11.3 Å². The highest BCUT2D eigenvalue weighted by molar-refractivity contribution is 7.89. The van der Waals surface area contributed by atoms with Crippen molar-refractivity contribution < 1.29 is 8.42 Å². The minimum atomic E-state index is -3.65. The summed E-state index contributed by atoms with van der Waals surface area (Å²) < 4.78 is 26.7. The fourth-order valence-corrected chi connectivity index (χ4v) is 3.31. The van der Waals surface area contributed by atoms with Gasteiger partial charge in [0.2, 0.25) is 10.0 Å². The van der Waals surface area contributed by atoms with E-state index >= 15 is 0 Å². The van der Waals surface area contributed by atoms with Crippen molar-refractivity contribution in [2.24, 2.45) is 0 Å². The number of nitriles is 1. The maximum Gasteiger partial charge on any atom is 0.242 e. The molecule has 5 nitrogen and oxygen atoms in total. The zero-order valence-electron chi connectivity index (χ0n) is 11.6. The van der Waals surface area contributed by atoms with Gasteiger partial charge in [-0.15, -0.1) is 0 Å². The Labute approximate surface area is 125 Å². The standard InChI is InChI=1S/C13H18ClN3O2S/c1-3-17(4-2)8-7-16-20(18,19)13-6-5-11(10-15)9-12(13)14/h5-6,9,16H,3-4,7-8H2,1-2H3. The number of nitrogens with one attached hydrogen (secondary N) is 1. The number of hydrogen-bond acceptors (Lipinski definition) is 4. The molecule has 0 aliphatic carbocycles. The highest BCUT2D eigenvalue weighted by Crippen LogP contribution is 2.22. The van der Waals surface area contributed by atoms with E-state index in [1.807, 2.05) is 19.9 Å². The van der Waals surface area contributed by atoms with Crippen molar-refractivity contribution in [1.29, 1.82) is 5.26 Å². The molecule has 20 heavy (non-hydrogen) atoms. The van der Waals surface area contributed by atoms with E-state index in [1.54, 1.807) is 0 Å². The van der Waals surface area contributed by atoms with Gasteiger partial charge < -0.3 is 4.90 Å². The molecule has 0 amide bonds. The van der Waals surface area contributed by atoms with E-state index in [1.165, 1.54) is 18.2 Å². The van der Waals surface area contributed by atoms with Crippen LogP contribution < -0.4 is 4.72 Å². The van der Waals surface area contributed by atoms with Crippen molar-refractivity contribution in [3.63, 3.8) is 0 Å². The lowest BCUT2D eigenvalue weighted by Gasteiger charge is -2.18. The molecule has 1 rings (SSSR count). The molecule has 0 atom stereocenters. The van der Waals surface area contributed by atoms with Gasteiger partial charge in [0.1, 0.15) is 4.90 Å². The maximum absolute atomic E-state index is 12.1. The summed E-state index contributed by atoms with van der Waals surface area (Å²) in [5.41, 5.74) is 0.331. The summed E-state index contributed by atoms with van der Waals surface area (Å²) in [7, 11) is -3.65. The Bertz CT molecular complexity index is 592. The van der Waals surface area contributed by atoms with Gasteiger partial charge in [-0.25, -0.2) is 13.1 Å². The molecule has 0 heterocycles. The molecule has 0 unspecified atom stereocenters. The molecule has 0 fully saturated rings. The fraction of sp³-hybridized carbons (Fsp3) is 0.462. The molecule has 0 bridgehead atoms. The fourth-order valence-electron chi connectivity index (χ4n) is 1.74. The Hall–Kier alpha value is -1.13. The van der Waals surface area contributed by atoms with Gasteiger partial charge in [0.15, 0.2) is 0 Å². The number of nitrogens with zero attached hydrogens (tertiary/aromatic N) is 2. The Morgan fingerprint density at radius 3 is 2.50 bits per heavy atom. The second-order valence-electron chi connectivity index (χ2n) is 4.18. The van der Waals surface area contributed by atoms with Gasteiger partial charge in [0, 0.05) is 13.1 Å². The molecule has 110 valence electrons. The normalized spacial score (nSPS) is 11.6. The van der Waals surface area contributed by atoms with Gasteiger partial charge in [0.25, 0.3) is 0 Å². The third-order valence-corrected chi connectivity index (χ3v) is 4.91. The molecule has 0 aliphatic heterocycles. The number of halogens is 1. The summed E-state index contributed by atoms with van der Waals surface area (Å²) in [6, 6.07) is 6.04. The number of likely N-dealkylation sites (N-methyl/N-ethyl adjacent to an activating group) is 1. The van der Waals surface area contributed by atoms with Crippen LogP contribution in [0.3, 0.4) is 0 Å². The average molecular weight is 316 g/mol. The third-order valence-electron chi connectivity index (χ3n) is 2.97. The van der Waals surface area contributed by atoms with E-state index in [0.717, 1.165) is 13.1 Å². The van der Waals surface area contributed by atoms with Crippen molar-refractivity contribution in [2.45, 2.75) is 18.7 Å². The van der Waals surface area contributed by atoms with E-state index in [2.05, 4.69) is 9.62 Å². The van der Waals surface area contributed by atoms with Crippen LogP contribution in [0.1, 0.15) is 19.4 Å². The van der Waals surface area contributed by atoms with Crippen molar-refractivity contribution >= 4 is 21.6 Å². The minimum absolute atomic E-state index is 0.00212. The smallest absolute Gasteiger partial charge is 0.242 e. The zero-order chi connectivity index (χ0) is 15.2. The molecule has 0 saturated carbocycles. The molecule has 0 aromatic heterocycles. The molecule has 0 saturated heterocycles. The van der Waals surface area contributed by atoms with Crippen LogP contribution in [-0.4, -0.2) is 39.5 Å². The van der Waals surface area contributed by atoms with Gasteiger partial charge in [-0.05, 0) is 31.3 Å². The second-order valence-corrected chi connectivity index (χ2v) is 6.32. The number of hydrogen-bond donors (Lipinski definition) is 1. The van der Waals surface area contributed by atoms with Gasteiger partial charge in [-0.1, -0.05) is 25.4 Å². The molecule has 1 N–H and O–H groups in total. The predicted octanol–water partition coefficient (Wildman–Crippen LogP) is 1.83. The number of rotatable bonds is 7. The van der Waals surface area contributed by atoms with Crippen LogP contribution in [0.15, 0.2) is 23.1 Å². The highest BCUT2D eigenvalue weighted by atomic mass is 35.5. The first-order valence-electron chi connectivity index (χ1n) is 6.36. The Morgan fingerprint density at radius 2 is 2.00 bits per heavy atom. The van der Waals surface area contributed by atoms with E-state index < -0.39 is 10.0 Å². The van der Waals surface area contributed by atoms with Crippen LogP contribution in [0.2, 0.25) is 5.02 Å². The Morgan fingerprint density at radius 1 is 1.35 bits per heavy atom. The van der Waals surface area contributed by atoms with Crippen molar-refractivity contribution in [1.82, 2.24) is 9.62 Å². The average Bonchev–Trinajstić information content (AvgIpc) is 2.43. The van der Waals surface area contributed by atoms with E-state index in [4.69, 9.17) is 16.9 Å². The molecular weight excluding hydrogens is 298 g/mol. The highest BCUT2D eigenvalue weighted by Gasteiger charge is 2.17. The lowest BCUT2D eigenvalue weighted by atomic mass is 10.2. The molecule has 1 aromatic rings. The molecule has 7 heteroatoms. The van der Waals surface area contributed by atoms with Gasteiger partial charge in [0.05, 0.1) is 16.7 Å². The first-order chi connectivity index (χ1) is 9.44. The van der Waals surface area contributed by atoms with Crippen molar-refractivity contribution in [3.8, 4) is 6.07 Å². The van der Waals surface area contributed by atoms with Crippen LogP contribution in [-0.2, 0) is 10.0 Å². The van der Waals surface area contributed by atoms with Crippen LogP contribution in [0.25, 0.3) is 0 Å².